The lowest BCUT2D eigenvalue weighted by atomic mass is 9.88. The number of hydrogen-bond acceptors (Lipinski definition) is 6. The molecule has 2 aliphatic rings. The van der Waals surface area contributed by atoms with Gasteiger partial charge in [-0.3, -0.25) is 0 Å². The molecule has 0 aliphatic carbocycles. The Morgan fingerprint density at radius 2 is 1.82 bits per heavy atom. The van der Waals surface area contributed by atoms with Crippen LogP contribution in [0.3, 0.4) is 0 Å². The van der Waals surface area contributed by atoms with Gasteiger partial charge in [-0.15, -0.1) is 0 Å². The summed E-state index contributed by atoms with van der Waals surface area (Å²) in [6.45, 7) is 1.96. The molecular weight excluding hydrogens is 360 g/mol. The van der Waals surface area contributed by atoms with E-state index in [1.54, 1.807) is 0 Å². The predicted molar refractivity (Wildman–Crippen MR) is 101 cm³/mol. The summed E-state index contributed by atoms with van der Waals surface area (Å²) in [7, 11) is 0. The molecule has 2 aromatic carbocycles. The van der Waals surface area contributed by atoms with E-state index in [2.05, 4.69) is 6.92 Å². The van der Waals surface area contributed by atoms with Crippen molar-refractivity contribution >= 4 is 0 Å². The standard InChI is InChI=1S/C22H26O6/c1-2-13-3-5-14(6-4-13)20(25)15-7-8-16-12-27-22(17(16)9-15)10-18(24)21(26)19(11-23)28-22/h3-9,18-21,23-26H,2,10-12H2,1H3/t18?,19?,20?,21?,22-/m1/s1. The summed E-state index contributed by atoms with van der Waals surface area (Å²) in [6, 6.07) is 13.4. The van der Waals surface area contributed by atoms with E-state index in [4.69, 9.17) is 9.47 Å². The van der Waals surface area contributed by atoms with E-state index in [0.29, 0.717) is 12.2 Å². The van der Waals surface area contributed by atoms with Gasteiger partial charge in [-0.05, 0) is 34.7 Å². The summed E-state index contributed by atoms with van der Waals surface area (Å²) < 4.78 is 11.8. The third-order valence-corrected chi connectivity index (χ3v) is 5.80. The lowest BCUT2D eigenvalue weighted by molar-refractivity contribution is -0.326. The number of aryl methyl sites for hydroxylation is 1. The molecule has 4 N–H and O–H groups in total. The maximum atomic E-state index is 10.9. The van der Waals surface area contributed by atoms with Crippen molar-refractivity contribution < 1.29 is 29.9 Å². The molecule has 1 fully saturated rings. The Morgan fingerprint density at radius 3 is 2.50 bits per heavy atom. The largest absolute Gasteiger partial charge is 0.394 e. The normalized spacial score (nSPS) is 30.4. The van der Waals surface area contributed by atoms with Gasteiger partial charge in [-0.2, -0.15) is 0 Å². The Kier molecular flexibility index (Phi) is 5.26. The molecule has 4 unspecified atom stereocenters. The van der Waals surface area contributed by atoms with Crippen LogP contribution in [-0.2, 0) is 28.3 Å². The average molecular weight is 386 g/mol. The molecule has 0 amide bonds. The van der Waals surface area contributed by atoms with Gasteiger partial charge < -0.3 is 29.9 Å². The monoisotopic (exact) mass is 386 g/mol. The SMILES string of the molecule is CCc1ccc(C(O)c2ccc3c(c2)[C@]2(CC(O)C(O)C(CO)O2)OC3)cc1. The van der Waals surface area contributed by atoms with Gasteiger partial charge in [-0.1, -0.05) is 43.3 Å². The molecule has 0 saturated carbocycles. The van der Waals surface area contributed by atoms with Crippen molar-refractivity contribution in [2.24, 2.45) is 0 Å². The second kappa shape index (κ2) is 7.55. The highest BCUT2D eigenvalue weighted by Crippen LogP contribution is 2.46. The molecule has 1 saturated heterocycles. The Labute approximate surface area is 164 Å². The molecule has 6 heteroatoms. The lowest BCUT2D eigenvalue weighted by Crippen LogP contribution is -2.54. The van der Waals surface area contributed by atoms with Gasteiger partial charge in [0.15, 0.2) is 5.79 Å². The summed E-state index contributed by atoms with van der Waals surface area (Å²) >= 11 is 0. The van der Waals surface area contributed by atoms with E-state index in [-0.39, 0.29) is 6.42 Å². The van der Waals surface area contributed by atoms with Crippen molar-refractivity contribution in [2.45, 2.75) is 56.6 Å². The minimum atomic E-state index is -1.23. The minimum absolute atomic E-state index is 0.0579. The fraction of sp³-hybridized carbons (Fsp3) is 0.455. The van der Waals surface area contributed by atoms with Crippen LogP contribution >= 0.6 is 0 Å². The van der Waals surface area contributed by atoms with Gasteiger partial charge in [0.1, 0.15) is 18.3 Å². The third kappa shape index (κ3) is 3.26. The van der Waals surface area contributed by atoms with Crippen molar-refractivity contribution in [3.63, 3.8) is 0 Å². The molecule has 2 aliphatic heterocycles. The van der Waals surface area contributed by atoms with E-state index in [0.717, 1.165) is 23.1 Å². The quantitative estimate of drug-likeness (QED) is 0.636. The van der Waals surface area contributed by atoms with Crippen molar-refractivity contribution in [3.05, 3.63) is 70.3 Å². The maximum absolute atomic E-state index is 10.9. The van der Waals surface area contributed by atoms with E-state index >= 15 is 0 Å². The zero-order valence-corrected chi connectivity index (χ0v) is 15.8. The first-order valence-corrected chi connectivity index (χ1v) is 9.66. The molecule has 6 nitrogen and oxygen atoms in total. The van der Waals surface area contributed by atoms with Crippen LogP contribution in [0.5, 0.6) is 0 Å². The van der Waals surface area contributed by atoms with E-state index in [1.807, 2.05) is 42.5 Å². The number of ether oxygens (including phenoxy) is 2. The molecule has 2 aromatic rings. The van der Waals surface area contributed by atoms with Gasteiger partial charge in [0.2, 0.25) is 0 Å². The molecule has 150 valence electrons. The zero-order valence-electron chi connectivity index (χ0n) is 15.8. The topological polar surface area (TPSA) is 99.4 Å². The van der Waals surface area contributed by atoms with Gasteiger partial charge >= 0.3 is 0 Å². The average Bonchev–Trinajstić information content (AvgIpc) is 3.07. The first kappa shape index (κ1) is 19.5. The van der Waals surface area contributed by atoms with Crippen LogP contribution in [0.15, 0.2) is 42.5 Å². The summed E-state index contributed by atoms with van der Waals surface area (Å²) in [6.07, 6.45) is -3.00. The number of aliphatic hydroxyl groups is 4. The molecular formula is C22H26O6. The van der Waals surface area contributed by atoms with Crippen molar-refractivity contribution in [3.8, 4) is 0 Å². The van der Waals surface area contributed by atoms with Crippen LogP contribution < -0.4 is 0 Å². The molecule has 28 heavy (non-hydrogen) atoms. The van der Waals surface area contributed by atoms with Crippen LogP contribution in [0.25, 0.3) is 0 Å². The molecule has 0 aromatic heterocycles. The number of aliphatic hydroxyl groups excluding tert-OH is 4. The van der Waals surface area contributed by atoms with Crippen molar-refractivity contribution in [1.29, 1.82) is 0 Å². The third-order valence-electron chi connectivity index (χ3n) is 5.80. The Bertz CT molecular complexity index is 835. The Balaban J connectivity index is 1.67. The first-order chi connectivity index (χ1) is 13.5. The van der Waals surface area contributed by atoms with E-state index in [1.165, 1.54) is 5.56 Å². The number of rotatable bonds is 4. The van der Waals surface area contributed by atoms with Gasteiger partial charge in [0.25, 0.3) is 0 Å². The number of fused-ring (bicyclic) bond motifs is 2. The lowest BCUT2D eigenvalue weighted by Gasteiger charge is -2.42. The summed E-state index contributed by atoms with van der Waals surface area (Å²) in [4.78, 5) is 0. The summed E-state index contributed by atoms with van der Waals surface area (Å²) in [5.41, 5.74) is 4.31. The maximum Gasteiger partial charge on any atom is 0.198 e. The number of hydrogen-bond donors (Lipinski definition) is 4. The molecule has 0 radical (unpaired) electrons. The molecule has 5 atom stereocenters. The molecule has 0 bridgehead atoms. The summed E-state index contributed by atoms with van der Waals surface area (Å²) in [5.74, 6) is -1.23. The Hall–Kier alpha value is -1.80. The van der Waals surface area contributed by atoms with Crippen LogP contribution in [-0.4, -0.2) is 45.3 Å². The fourth-order valence-electron chi connectivity index (χ4n) is 4.06. The van der Waals surface area contributed by atoms with Crippen molar-refractivity contribution in [1.82, 2.24) is 0 Å². The highest BCUT2D eigenvalue weighted by molar-refractivity contribution is 5.41. The predicted octanol–water partition coefficient (Wildman–Crippen LogP) is 1.52. The first-order valence-electron chi connectivity index (χ1n) is 9.66. The minimum Gasteiger partial charge on any atom is -0.394 e. The number of benzene rings is 2. The molecule has 2 heterocycles. The molecule has 4 rings (SSSR count). The zero-order chi connectivity index (χ0) is 19.9. The van der Waals surface area contributed by atoms with E-state index in [9.17, 15) is 20.4 Å². The van der Waals surface area contributed by atoms with Crippen LogP contribution in [0, 0.1) is 0 Å². The smallest absolute Gasteiger partial charge is 0.198 e. The van der Waals surface area contributed by atoms with Crippen LogP contribution in [0.1, 0.15) is 47.3 Å². The van der Waals surface area contributed by atoms with Crippen LogP contribution in [0.4, 0.5) is 0 Å². The summed E-state index contributed by atoms with van der Waals surface area (Å²) in [5, 5.41) is 40.7. The van der Waals surface area contributed by atoms with Gasteiger partial charge in [-0.25, -0.2) is 0 Å². The van der Waals surface area contributed by atoms with Gasteiger partial charge in [0, 0.05) is 12.0 Å². The van der Waals surface area contributed by atoms with Gasteiger partial charge in [0.05, 0.1) is 19.3 Å². The highest BCUT2D eigenvalue weighted by atomic mass is 16.7. The van der Waals surface area contributed by atoms with E-state index < -0.39 is 36.8 Å². The Morgan fingerprint density at radius 1 is 1.11 bits per heavy atom. The van der Waals surface area contributed by atoms with Crippen LogP contribution in [0.2, 0.25) is 0 Å². The highest BCUT2D eigenvalue weighted by Gasteiger charge is 2.51. The second-order valence-electron chi connectivity index (χ2n) is 7.56. The second-order valence-corrected chi connectivity index (χ2v) is 7.56. The fourth-order valence-corrected chi connectivity index (χ4v) is 4.06. The molecule has 1 spiro atoms. The van der Waals surface area contributed by atoms with Crippen molar-refractivity contribution in [2.75, 3.05) is 6.61 Å².